The van der Waals surface area contributed by atoms with E-state index in [0.717, 1.165) is 17.2 Å². The molecule has 0 saturated carbocycles. The Morgan fingerprint density at radius 3 is 2.58 bits per heavy atom. The Morgan fingerprint density at radius 1 is 1.37 bits per heavy atom. The van der Waals surface area contributed by atoms with Crippen LogP contribution in [0.4, 0.5) is 22.4 Å². The van der Waals surface area contributed by atoms with Gasteiger partial charge in [0.1, 0.15) is 11.9 Å². The fourth-order valence-electron chi connectivity index (χ4n) is 1.88. The van der Waals surface area contributed by atoms with Crippen LogP contribution in [0.25, 0.3) is 0 Å². The SMILES string of the molecule is O=C([O-])N1C=CC(c2cc(C(F)(F)F)ccc2F)C1. The minimum absolute atomic E-state index is 0.152. The average molecular weight is 274 g/mol. The van der Waals surface area contributed by atoms with Gasteiger partial charge in [0.25, 0.3) is 0 Å². The van der Waals surface area contributed by atoms with Crippen LogP contribution in [-0.2, 0) is 6.18 Å². The molecule has 0 radical (unpaired) electrons. The van der Waals surface area contributed by atoms with Crippen molar-refractivity contribution in [1.82, 2.24) is 4.90 Å². The lowest BCUT2D eigenvalue weighted by Crippen LogP contribution is -2.37. The zero-order valence-corrected chi connectivity index (χ0v) is 9.45. The molecule has 0 saturated heterocycles. The molecule has 2 rings (SSSR count). The van der Waals surface area contributed by atoms with Crippen molar-refractivity contribution < 1.29 is 27.5 Å². The molecule has 0 N–H and O–H groups in total. The zero-order valence-electron chi connectivity index (χ0n) is 9.45. The highest BCUT2D eigenvalue weighted by atomic mass is 19.4. The van der Waals surface area contributed by atoms with Crippen LogP contribution in [0.1, 0.15) is 17.0 Å². The quantitative estimate of drug-likeness (QED) is 0.736. The van der Waals surface area contributed by atoms with Gasteiger partial charge in [-0.15, -0.1) is 0 Å². The number of rotatable bonds is 1. The van der Waals surface area contributed by atoms with Gasteiger partial charge in [-0.25, -0.2) is 4.39 Å². The molecule has 0 fully saturated rings. The van der Waals surface area contributed by atoms with E-state index in [0.29, 0.717) is 12.1 Å². The highest BCUT2D eigenvalue weighted by molar-refractivity contribution is 5.65. The van der Waals surface area contributed by atoms with Crippen molar-refractivity contribution in [2.45, 2.75) is 12.1 Å². The third-order valence-electron chi connectivity index (χ3n) is 2.85. The Labute approximate surface area is 105 Å². The second-order valence-electron chi connectivity index (χ2n) is 4.10. The Balaban J connectivity index is 2.31. The molecule has 0 aromatic heterocycles. The highest BCUT2D eigenvalue weighted by Crippen LogP contribution is 2.34. The van der Waals surface area contributed by atoms with E-state index in [1.807, 2.05) is 0 Å². The molecule has 3 nitrogen and oxygen atoms in total. The molecule has 1 atom stereocenters. The number of hydrogen-bond acceptors (Lipinski definition) is 2. The number of halogens is 4. The van der Waals surface area contributed by atoms with Gasteiger partial charge in [0.15, 0.2) is 0 Å². The Hall–Kier alpha value is -2.05. The van der Waals surface area contributed by atoms with E-state index < -0.39 is 29.6 Å². The monoisotopic (exact) mass is 274 g/mol. The van der Waals surface area contributed by atoms with Crippen molar-refractivity contribution in [3.63, 3.8) is 0 Å². The molecular weight excluding hydrogens is 266 g/mol. The Morgan fingerprint density at radius 2 is 2.05 bits per heavy atom. The van der Waals surface area contributed by atoms with E-state index in [-0.39, 0.29) is 12.1 Å². The van der Waals surface area contributed by atoms with E-state index in [9.17, 15) is 27.5 Å². The average Bonchev–Trinajstić information content (AvgIpc) is 2.77. The van der Waals surface area contributed by atoms with Crippen LogP contribution in [0.15, 0.2) is 30.5 Å². The van der Waals surface area contributed by atoms with Gasteiger partial charge in [0.2, 0.25) is 0 Å². The molecule has 1 aliphatic heterocycles. The first-order valence-electron chi connectivity index (χ1n) is 5.31. The van der Waals surface area contributed by atoms with E-state index >= 15 is 0 Å². The summed E-state index contributed by atoms with van der Waals surface area (Å²) in [4.78, 5) is 11.4. The number of carbonyl (C=O) groups is 1. The van der Waals surface area contributed by atoms with Crippen molar-refractivity contribution in [2.24, 2.45) is 0 Å². The molecule has 102 valence electrons. The van der Waals surface area contributed by atoms with Crippen LogP contribution in [0.5, 0.6) is 0 Å². The van der Waals surface area contributed by atoms with Crippen molar-refractivity contribution >= 4 is 6.09 Å². The predicted octanol–water partition coefficient (Wildman–Crippen LogP) is 2.10. The normalized spacial score (nSPS) is 18.9. The van der Waals surface area contributed by atoms with Gasteiger partial charge < -0.3 is 14.8 Å². The van der Waals surface area contributed by atoms with Crippen LogP contribution < -0.4 is 5.11 Å². The maximum Gasteiger partial charge on any atom is 0.416 e. The van der Waals surface area contributed by atoms with E-state index in [4.69, 9.17) is 0 Å². The standard InChI is InChI=1S/C12H9F4NO2/c13-10-2-1-8(12(14,15)16)5-9(10)7-3-4-17(6-7)11(18)19/h1-5,7H,6H2,(H,18,19)/p-1. The Kier molecular flexibility index (Phi) is 3.21. The highest BCUT2D eigenvalue weighted by Gasteiger charge is 2.32. The number of nitrogens with zero attached hydrogens (tertiary/aromatic N) is 1. The lowest BCUT2D eigenvalue weighted by Gasteiger charge is -2.19. The second-order valence-corrected chi connectivity index (χ2v) is 4.10. The van der Waals surface area contributed by atoms with Gasteiger partial charge in [-0.3, -0.25) is 0 Å². The molecule has 1 unspecified atom stereocenters. The number of carboxylic acid groups (broad SMARTS) is 1. The molecule has 1 aliphatic rings. The van der Waals surface area contributed by atoms with Gasteiger partial charge in [0.05, 0.1) is 5.56 Å². The molecular formula is C12H8F4NO2-. The maximum atomic E-state index is 13.6. The van der Waals surface area contributed by atoms with Crippen LogP contribution in [0.2, 0.25) is 0 Å². The molecule has 1 aromatic carbocycles. The zero-order chi connectivity index (χ0) is 14.2. The second kappa shape index (κ2) is 4.56. The van der Waals surface area contributed by atoms with Crippen molar-refractivity contribution in [1.29, 1.82) is 0 Å². The first kappa shape index (κ1) is 13.4. The molecule has 1 heterocycles. The van der Waals surface area contributed by atoms with Crippen LogP contribution >= 0.6 is 0 Å². The van der Waals surface area contributed by atoms with Crippen molar-refractivity contribution in [3.8, 4) is 0 Å². The predicted molar refractivity (Wildman–Crippen MR) is 55.4 cm³/mol. The molecule has 0 bridgehead atoms. The van der Waals surface area contributed by atoms with Gasteiger partial charge in [-0.2, -0.15) is 13.2 Å². The molecule has 19 heavy (non-hydrogen) atoms. The van der Waals surface area contributed by atoms with Crippen molar-refractivity contribution in [2.75, 3.05) is 6.54 Å². The fraction of sp³-hybridized carbons (Fsp3) is 0.250. The molecule has 7 heteroatoms. The summed E-state index contributed by atoms with van der Waals surface area (Å²) in [6.45, 7) is -0.152. The molecule has 1 aromatic rings. The van der Waals surface area contributed by atoms with Crippen LogP contribution in [0.3, 0.4) is 0 Å². The smallest absolute Gasteiger partial charge is 0.416 e. The number of carbonyl (C=O) groups excluding carboxylic acids is 1. The summed E-state index contributed by atoms with van der Waals surface area (Å²) in [5.41, 5.74) is -1.15. The van der Waals surface area contributed by atoms with Gasteiger partial charge >= 0.3 is 6.18 Å². The number of alkyl halides is 3. The van der Waals surface area contributed by atoms with Crippen molar-refractivity contribution in [3.05, 3.63) is 47.4 Å². The maximum absolute atomic E-state index is 13.6. The number of amides is 1. The van der Waals surface area contributed by atoms with Crippen LogP contribution in [-0.4, -0.2) is 17.5 Å². The first-order valence-corrected chi connectivity index (χ1v) is 5.31. The minimum atomic E-state index is -4.57. The number of hydrogen-bond donors (Lipinski definition) is 0. The summed E-state index contributed by atoms with van der Waals surface area (Å²) >= 11 is 0. The van der Waals surface area contributed by atoms with Gasteiger partial charge in [-0.1, -0.05) is 6.08 Å². The third kappa shape index (κ3) is 2.69. The first-order chi connectivity index (χ1) is 8.79. The van der Waals surface area contributed by atoms with Gasteiger partial charge in [0, 0.05) is 18.7 Å². The van der Waals surface area contributed by atoms with Crippen LogP contribution in [0, 0.1) is 5.82 Å². The molecule has 0 aliphatic carbocycles. The molecule has 1 amide bonds. The fourth-order valence-corrected chi connectivity index (χ4v) is 1.88. The summed E-state index contributed by atoms with van der Waals surface area (Å²) in [6.07, 6.45) is -3.57. The van der Waals surface area contributed by atoms with E-state index in [2.05, 4.69) is 0 Å². The van der Waals surface area contributed by atoms with E-state index in [1.54, 1.807) is 0 Å². The lowest BCUT2D eigenvalue weighted by molar-refractivity contribution is -0.262. The Bertz CT molecular complexity index is 539. The lowest BCUT2D eigenvalue weighted by atomic mass is 9.97. The summed E-state index contributed by atoms with van der Waals surface area (Å²) in [5, 5.41) is 10.6. The summed E-state index contributed by atoms with van der Waals surface area (Å²) in [6, 6.07) is 2.07. The third-order valence-corrected chi connectivity index (χ3v) is 2.85. The summed E-state index contributed by atoms with van der Waals surface area (Å²) in [5.74, 6) is -1.55. The summed E-state index contributed by atoms with van der Waals surface area (Å²) < 4.78 is 51.2. The van der Waals surface area contributed by atoms with Gasteiger partial charge in [-0.05, 0) is 23.8 Å². The molecule has 0 spiro atoms. The minimum Gasteiger partial charge on any atom is -0.530 e. The number of benzene rings is 1. The van der Waals surface area contributed by atoms with E-state index in [1.165, 1.54) is 6.08 Å². The summed E-state index contributed by atoms with van der Waals surface area (Å²) in [7, 11) is 0. The largest absolute Gasteiger partial charge is 0.530 e. The topological polar surface area (TPSA) is 43.4 Å².